The fraction of sp³-hybridized carbons (Fsp3) is 0.348. The summed E-state index contributed by atoms with van der Waals surface area (Å²) in [6.07, 6.45) is 0.793. The summed E-state index contributed by atoms with van der Waals surface area (Å²) in [6.45, 7) is 5.96. The SMILES string of the molecule is Cc1cc(C)c(C(=O)OC2CCCCN(C(=O)c3ccc(Cl)cc3)C2=O)c(C)c1. The van der Waals surface area contributed by atoms with Crippen LogP contribution in [-0.4, -0.2) is 35.3 Å². The van der Waals surface area contributed by atoms with Crippen LogP contribution in [0, 0.1) is 20.8 Å². The minimum Gasteiger partial charge on any atom is -0.449 e. The van der Waals surface area contributed by atoms with Crippen LogP contribution >= 0.6 is 11.6 Å². The lowest BCUT2D eigenvalue weighted by Gasteiger charge is -2.23. The second-order valence-electron chi connectivity index (χ2n) is 7.47. The van der Waals surface area contributed by atoms with Gasteiger partial charge in [-0.25, -0.2) is 4.79 Å². The number of likely N-dealkylation sites (tertiary alicyclic amines) is 1. The number of halogens is 1. The van der Waals surface area contributed by atoms with Gasteiger partial charge < -0.3 is 4.74 Å². The third-order valence-corrected chi connectivity index (χ3v) is 5.36. The highest BCUT2D eigenvalue weighted by Gasteiger charge is 2.34. The molecule has 0 N–H and O–H groups in total. The Labute approximate surface area is 175 Å². The van der Waals surface area contributed by atoms with Crippen molar-refractivity contribution in [2.45, 2.75) is 46.1 Å². The number of rotatable bonds is 3. The lowest BCUT2D eigenvalue weighted by atomic mass is 10.00. The number of hydrogen-bond donors (Lipinski definition) is 0. The molecule has 2 amide bonds. The smallest absolute Gasteiger partial charge is 0.339 e. The van der Waals surface area contributed by atoms with Crippen LogP contribution in [0.25, 0.3) is 0 Å². The molecule has 1 aliphatic heterocycles. The number of nitrogens with zero attached hydrogens (tertiary/aromatic N) is 1. The normalized spacial score (nSPS) is 17.0. The molecular weight excluding hydrogens is 390 g/mol. The molecular formula is C23H24ClNO4. The zero-order valence-corrected chi connectivity index (χ0v) is 17.6. The number of ether oxygens (including phenoxy) is 1. The van der Waals surface area contributed by atoms with E-state index in [2.05, 4.69) is 0 Å². The molecule has 0 aliphatic carbocycles. The van der Waals surface area contributed by atoms with Crippen molar-refractivity contribution in [1.82, 2.24) is 4.90 Å². The van der Waals surface area contributed by atoms with E-state index >= 15 is 0 Å². The van der Waals surface area contributed by atoms with Crippen molar-refractivity contribution in [1.29, 1.82) is 0 Å². The van der Waals surface area contributed by atoms with E-state index in [0.717, 1.165) is 16.7 Å². The van der Waals surface area contributed by atoms with E-state index in [4.69, 9.17) is 16.3 Å². The van der Waals surface area contributed by atoms with Gasteiger partial charge in [-0.2, -0.15) is 0 Å². The first-order valence-electron chi connectivity index (χ1n) is 9.68. The third kappa shape index (κ3) is 4.67. The predicted octanol–water partition coefficient (Wildman–Crippen LogP) is 4.64. The highest BCUT2D eigenvalue weighted by molar-refractivity contribution is 6.30. The number of aryl methyl sites for hydroxylation is 3. The van der Waals surface area contributed by atoms with Crippen molar-refractivity contribution >= 4 is 29.4 Å². The van der Waals surface area contributed by atoms with Gasteiger partial charge in [0.05, 0.1) is 5.56 Å². The van der Waals surface area contributed by atoms with Crippen LogP contribution in [0.3, 0.4) is 0 Å². The van der Waals surface area contributed by atoms with Gasteiger partial charge in [0.1, 0.15) is 0 Å². The fourth-order valence-electron chi connectivity index (χ4n) is 3.76. The summed E-state index contributed by atoms with van der Waals surface area (Å²) in [6, 6.07) is 10.2. The van der Waals surface area contributed by atoms with Crippen LogP contribution in [0.1, 0.15) is 56.7 Å². The highest BCUT2D eigenvalue weighted by atomic mass is 35.5. The summed E-state index contributed by atoms with van der Waals surface area (Å²) in [5.74, 6) is -1.41. The summed E-state index contributed by atoms with van der Waals surface area (Å²) < 4.78 is 5.60. The van der Waals surface area contributed by atoms with Crippen LogP contribution in [0.5, 0.6) is 0 Å². The van der Waals surface area contributed by atoms with Crippen LogP contribution in [0.2, 0.25) is 5.02 Å². The molecule has 1 heterocycles. The van der Waals surface area contributed by atoms with Crippen molar-refractivity contribution in [2.75, 3.05) is 6.54 Å². The minimum atomic E-state index is -0.971. The zero-order valence-electron chi connectivity index (χ0n) is 16.8. The second kappa shape index (κ2) is 8.78. The van der Waals surface area contributed by atoms with Gasteiger partial charge in [0.25, 0.3) is 11.8 Å². The standard InChI is InChI=1S/C23H24ClNO4/c1-14-12-15(2)20(16(3)13-14)23(28)29-19-6-4-5-11-25(22(19)27)21(26)17-7-9-18(24)10-8-17/h7-10,12-13,19H,4-6,11H2,1-3H3. The summed E-state index contributed by atoms with van der Waals surface area (Å²) in [4.78, 5) is 39.9. The Morgan fingerprint density at radius 2 is 1.66 bits per heavy atom. The minimum absolute atomic E-state index is 0.303. The molecule has 5 nitrogen and oxygen atoms in total. The number of imide groups is 1. The van der Waals surface area contributed by atoms with E-state index in [1.807, 2.05) is 32.9 Å². The fourth-order valence-corrected chi connectivity index (χ4v) is 3.88. The summed E-state index contributed by atoms with van der Waals surface area (Å²) >= 11 is 5.88. The van der Waals surface area contributed by atoms with Gasteiger partial charge in [0.15, 0.2) is 6.10 Å². The Kier molecular flexibility index (Phi) is 6.38. The number of hydrogen-bond acceptors (Lipinski definition) is 4. The average Bonchev–Trinajstić information content (AvgIpc) is 2.83. The molecule has 0 aromatic heterocycles. The molecule has 6 heteroatoms. The summed E-state index contributed by atoms with van der Waals surface area (Å²) in [5.41, 5.74) is 3.52. The topological polar surface area (TPSA) is 63.7 Å². The quantitative estimate of drug-likeness (QED) is 0.543. The second-order valence-corrected chi connectivity index (χ2v) is 7.90. The maximum absolute atomic E-state index is 13.0. The van der Waals surface area contributed by atoms with E-state index in [-0.39, 0.29) is 0 Å². The molecule has 1 fully saturated rings. The molecule has 2 aromatic carbocycles. The van der Waals surface area contributed by atoms with Crippen molar-refractivity contribution in [3.63, 3.8) is 0 Å². The largest absolute Gasteiger partial charge is 0.449 e. The van der Waals surface area contributed by atoms with Gasteiger partial charge in [-0.1, -0.05) is 29.3 Å². The number of esters is 1. The molecule has 1 saturated heterocycles. The maximum Gasteiger partial charge on any atom is 0.339 e. The Morgan fingerprint density at radius 1 is 1.03 bits per heavy atom. The lowest BCUT2D eigenvalue weighted by Crippen LogP contribution is -2.43. The monoisotopic (exact) mass is 413 g/mol. The van der Waals surface area contributed by atoms with Crippen molar-refractivity contribution in [3.8, 4) is 0 Å². The Balaban J connectivity index is 1.81. The van der Waals surface area contributed by atoms with Crippen molar-refractivity contribution in [3.05, 3.63) is 69.2 Å². The van der Waals surface area contributed by atoms with E-state index in [1.165, 1.54) is 4.90 Å². The van der Waals surface area contributed by atoms with Gasteiger partial charge >= 0.3 is 5.97 Å². The van der Waals surface area contributed by atoms with E-state index < -0.39 is 23.9 Å². The Hall–Kier alpha value is -2.66. The van der Waals surface area contributed by atoms with Gasteiger partial charge in [-0.05, 0) is 75.4 Å². The van der Waals surface area contributed by atoms with E-state index in [9.17, 15) is 14.4 Å². The van der Waals surface area contributed by atoms with Crippen LogP contribution in [0.15, 0.2) is 36.4 Å². The molecule has 0 radical (unpaired) electrons. The van der Waals surface area contributed by atoms with Crippen LogP contribution in [-0.2, 0) is 9.53 Å². The third-order valence-electron chi connectivity index (χ3n) is 5.11. The highest BCUT2D eigenvalue weighted by Crippen LogP contribution is 2.22. The molecule has 0 saturated carbocycles. The van der Waals surface area contributed by atoms with Gasteiger partial charge in [-0.15, -0.1) is 0 Å². The molecule has 3 rings (SSSR count). The average molecular weight is 414 g/mol. The first-order chi connectivity index (χ1) is 13.8. The van der Waals surface area contributed by atoms with E-state index in [1.54, 1.807) is 24.3 Å². The Bertz CT molecular complexity index is 929. The summed E-state index contributed by atoms with van der Waals surface area (Å²) in [7, 11) is 0. The van der Waals surface area contributed by atoms with Crippen LogP contribution < -0.4 is 0 Å². The number of carbonyl (C=O) groups is 3. The maximum atomic E-state index is 13.0. The predicted molar refractivity (Wildman–Crippen MR) is 111 cm³/mol. The molecule has 0 bridgehead atoms. The Morgan fingerprint density at radius 3 is 2.28 bits per heavy atom. The number of carbonyl (C=O) groups excluding carboxylic acids is 3. The molecule has 1 aliphatic rings. The van der Waals surface area contributed by atoms with E-state index in [0.29, 0.717) is 42.0 Å². The molecule has 1 atom stereocenters. The molecule has 152 valence electrons. The lowest BCUT2D eigenvalue weighted by molar-refractivity contribution is -0.137. The number of benzene rings is 2. The van der Waals surface area contributed by atoms with Gasteiger partial charge in [-0.3, -0.25) is 14.5 Å². The first-order valence-corrected chi connectivity index (χ1v) is 10.1. The summed E-state index contributed by atoms with van der Waals surface area (Å²) in [5, 5.41) is 0.513. The molecule has 29 heavy (non-hydrogen) atoms. The molecule has 1 unspecified atom stereocenters. The van der Waals surface area contributed by atoms with Crippen LogP contribution in [0.4, 0.5) is 0 Å². The van der Waals surface area contributed by atoms with Gasteiger partial charge in [0.2, 0.25) is 0 Å². The molecule has 0 spiro atoms. The number of amides is 2. The van der Waals surface area contributed by atoms with Crippen molar-refractivity contribution in [2.24, 2.45) is 0 Å². The van der Waals surface area contributed by atoms with Crippen molar-refractivity contribution < 1.29 is 19.1 Å². The van der Waals surface area contributed by atoms with Gasteiger partial charge in [0, 0.05) is 17.1 Å². The zero-order chi connectivity index (χ0) is 21.1. The molecule has 2 aromatic rings. The first kappa shape index (κ1) is 21.1.